The lowest BCUT2D eigenvalue weighted by molar-refractivity contribution is -0.143. The molecule has 5 rings (SSSR count). The number of alkyl carbamates (subject to hydrolysis) is 1. The first kappa shape index (κ1) is 40.8. The molecule has 3 N–H and O–H groups in total. The van der Waals surface area contributed by atoms with Crippen molar-refractivity contribution in [1.29, 1.82) is 0 Å². The van der Waals surface area contributed by atoms with E-state index in [1.807, 2.05) is 6.07 Å². The molecule has 1 saturated carbocycles. The molecule has 55 heavy (non-hydrogen) atoms. The molecule has 1 aliphatic heterocycles. The number of pyridine rings is 1. The Bertz CT molecular complexity index is 2060. The summed E-state index contributed by atoms with van der Waals surface area (Å²) in [5, 5.41) is 6.95. The van der Waals surface area contributed by atoms with Gasteiger partial charge in [0.2, 0.25) is 17.7 Å². The number of carbonyl (C=O) groups is 4. The highest BCUT2D eigenvalue weighted by atomic mass is 32.2. The van der Waals surface area contributed by atoms with E-state index in [1.54, 1.807) is 103 Å². The zero-order valence-electron chi connectivity index (χ0n) is 32.4. The Kier molecular flexibility index (Phi) is 11.4. The Hall–Kier alpha value is -5.38. The number of fused-ring (bicyclic) bond motifs is 1. The predicted octanol–water partition coefficient (Wildman–Crippen LogP) is 4.09. The number of benzene rings is 2. The topological polar surface area (TPSA) is 186 Å². The fourth-order valence-electron chi connectivity index (χ4n) is 6.51. The number of likely N-dealkylation sites (tertiary alicyclic amines) is 1. The van der Waals surface area contributed by atoms with Crippen LogP contribution in [-0.4, -0.2) is 92.1 Å². The van der Waals surface area contributed by atoms with Gasteiger partial charge in [0.15, 0.2) is 0 Å². The van der Waals surface area contributed by atoms with E-state index in [-0.39, 0.29) is 25.3 Å². The van der Waals surface area contributed by atoms with E-state index >= 15 is 0 Å². The summed E-state index contributed by atoms with van der Waals surface area (Å²) in [4.78, 5) is 61.5. The molecule has 2 aliphatic rings. The van der Waals surface area contributed by atoms with Gasteiger partial charge in [-0.25, -0.2) is 14.5 Å². The molecule has 4 amide bonds. The van der Waals surface area contributed by atoms with E-state index in [2.05, 4.69) is 26.9 Å². The molecule has 16 heteroatoms. The second-order valence-electron chi connectivity index (χ2n) is 15.9. The molecule has 1 aliphatic carbocycles. The molecule has 1 unspecified atom stereocenters. The number of amides is 4. The summed E-state index contributed by atoms with van der Waals surface area (Å²) in [5.74, 6) is -1.93. The van der Waals surface area contributed by atoms with Crippen LogP contribution in [-0.2, 0) is 29.3 Å². The lowest BCUT2D eigenvalue weighted by Gasteiger charge is -2.36. The minimum absolute atomic E-state index is 0.0133. The van der Waals surface area contributed by atoms with Gasteiger partial charge in [0.05, 0.1) is 19.3 Å². The molecule has 0 radical (unpaired) electrons. The molecule has 3 aromatic rings. The highest BCUT2D eigenvalue weighted by molar-refractivity contribution is 7.91. The van der Waals surface area contributed by atoms with E-state index in [4.69, 9.17) is 14.2 Å². The minimum Gasteiger partial charge on any atom is -0.497 e. The summed E-state index contributed by atoms with van der Waals surface area (Å²) in [5.41, 5.74) is -3.03. The first-order valence-electron chi connectivity index (χ1n) is 17.9. The number of methoxy groups -OCH3 is 1. The Morgan fingerprint density at radius 1 is 1.05 bits per heavy atom. The number of hydrogen-bond acceptors (Lipinski definition) is 10. The molecule has 2 aromatic carbocycles. The van der Waals surface area contributed by atoms with Crippen LogP contribution in [0.4, 0.5) is 10.5 Å². The van der Waals surface area contributed by atoms with Crippen molar-refractivity contribution in [1.82, 2.24) is 25.2 Å². The van der Waals surface area contributed by atoms with Crippen LogP contribution in [0.25, 0.3) is 10.8 Å². The van der Waals surface area contributed by atoms with Gasteiger partial charge in [-0.05, 0) is 74.4 Å². The first-order chi connectivity index (χ1) is 25.7. The van der Waals surface area contributed by atoms with Gasteiger partial charge in [-0.1, -0.05) is 45.0 Å². The molecule has 2 heterocycles. The Labute approximate surface area is 321 Å². The molecular weight excluding hydrogens is 729 g/mol. The molecule has 1 aromatic heterocycles. The minimum atomic E-state index is -4.39. The molecule has 5 atom stereocenters. The van der Waals surface area contributed by atoms with E-state index in [9.17, 15) is 27.6 Å². The van der Waals surface area contributed by atoms with Crippen molar-refractivity contribution < 1.29 is 41.8 Å². The number of rotatable bonds is 12. The summed E-state index contributed by atoms with van der Waals surface area (Å²) in [7, 11) is -1.53. The average Bonchev–Trinajstić information content (AvgIpc) is 3.67. The van der Waals surface area contributed by atoms with E-state index in [1.165, 1.54) is 18.0 Å². The number of ether oxygens (including phenoxy) is 3. The van der Waals surface area contributed by atoms with Crippen molar-refractivity contribution in [3.63, 3.8) is 0 Å². The SMILES string of the molecule is C=CC1C[C@]1(NC(=O)[C@@H]1C[C@@H](Oc2nccc3cc(OC)ccc23)CN1C(=O)[C@@H](NC(=O)OC(C)(C)C)C(C)(C)C)C(=O)NS(=O)(=O)N(C)c1ccccc1. The maximum absolute atomic E-state index is 14.5. The number of para-hydroxylation sites is 1. The molecule has 0 bridgehead atoms. The van der Waals surface area contributed by atoms with Crippen molar-refractivity contribution in [2.75, 3.05) is 25.0 Å². The number of anilines is 1. The summed E-state index contributed by atoms with van der Waals surface area (Å²) < 4.78 is 46.9. The molecule has 1 saturated heterocycles. The maximum atomic E-state index is 14.5. The third-order valence-electron chi connectivity index (χ3n) is 9.59. The van der Waals surface area contributed by atoms with Crippen LogP contribution in [0.2, 0.25) is 0 Å². The fourth-order valence-corrected chi connectivity index (χ4v) is 7.47. The number of carbonyl (C=O) groups excluding carboxylic acids is 4. The highest BCUT2D eigenvalue weighted by Gasteiger charge is 2.61. The van der Waals surface area contributed by atoms with E-state index < -0.39 is 74.7 Å². The standard InChI is InChI=1S/C39H50N6O9S/c1-10-25-22-39(25,35(48)43-55(50,51)44(8)26-14-12-11-13-15-26)42-32(46)30-21-28(53-33-29-17-16-27(52-9)20-24(29)18-19-40-33)23-45(30)34(47)31(37(2,3)4)41-36(49)54-38(5,6)7/h10-20,25,28,30-31H,1,21-23H2,2-9H3,(H,41,49)(H,42,46)(H,43,48)/t25?,28-,30+,31-,39-/m1/s1. The molecular formula is C39H50N6O9S. The van der Waals surface area contributed by atoms with Crippen LogP contribution in [0, 0.1) is 11.3 Å². The average molecular weight is 779 g/mol. The number of nitrogens with zero attached hydrogens (tertiary/aromatic N) is 3. The Morgan fingerprint density at radius 2 is 1.75 bits per heavy atom. The first-order valence-corrected chi connectivity index (χ1v) is 19.3. The van der Waals surface area contributed by atoms with Crippen LogP contribution in [0.3, 0.4) is 0 Å². The smallest absolute Gasteiger partial charge is 0.408 e. The van der Waals surface area contributed by atoms with Crippen LogP contribution >= 0.6 is 0 Å². The third kappa shape index (κ3) is 9.12. The Morgan fingerprint density at radius 3 is 2.35 bits per heavy atom. The molecule has 15 nitrogen and oxygen atoms in total. The fraction of sp³-hybridized carbons (Fsp3) is 0.462. The highest BCUT2D eigenvalue weighted by Crippen LogP contribution is 2.45. The van der Waals surface area contributed by atoms with Gasteiger partial charge < -0.3 is 29.7 Å². The lowest BCUT2D eigenvalue weighted by Crippen LogP contribution is -2.60. The largest absolute Gasteiger partial charge is 0.497 e. The van der Waals surface area contributed by atoms with Crippen LogP contribution in [0.1, 0.15) is 54.4 Å². The zero-order valence-corrected chi connectivity index (χ0v) is 33.2. The second kappa shape index (κ2) is 15.4. The maximum Gasteiger partial charge on any atom is 0.408 e. The second-order valence-corrected chi connectivity index (χ2v) is 17.6. The Balaban J connectivity index is 1.45. The summed E-state index contributed by atoms with van der Waals surface area (Å²) in [6, 6.07) is 13.0. The van der Waals surface area contributed by atoms with Gasteiger partial charge in [0.25, 0.3) is 5.91 Å². The molecule has 0 spiro atoms. The van der Waals surface area contributed by atoms with Gasteiger partial charge in [0.1, 0.15) is 35.1 Å². The van der Waals surface area contributed by atoms with Gasteiger partial charge in [-0.3, -0.25) is 18.7 Å². The lowest BCUT2D eigenvalue weighted by atomic mass is 9.85. The van der Waals surface area contributed by atoms with Crippen molar-refractivity contribution in [2.45, 2.75) is 83.7 Å². The van der Waals surface area contributed by atoms with Crippen LogP contribution in [0.15, 0.2) is 73.4 Å². The molecule has 2 fully saturated rings. The van der Waals surface area contributed by atoms with E-state index in [0.717, 1.165) is 9.69 Å². The summed E-state index contributed by atoms with van der Waals surface area (Å²) in [6.45, 7) is 14.1. The van der Waals surface area contributed by atoms with Crippen molar-refractivity contribution in [3.05, 3.63) is 73.4 Å². The number of aromatic nitrogens is 1. The van der Waals surface area contributed by atoms with E-state index in [0.29, 0.717) is 16.8 Å². The zero-order chi connectivity index (χ0) is 40.5. The number of hydrogen-bond donors (Lipinski definition) is 3. The van der Waals surface area contributed by atoms with Crippen molar-refractivity contribution in [3.8, 4) is 11.6 Å². The van der Waals surface area contributed by atoms with Gasteiger partial charge in [0, 0.05) is 31.0 Å². The van der Waals surface area contributed by atoms with Crippen LogP contribution < -0.4 is 29.1 Å². The van der Waals surface area contributed by atoms with Crippen molar-refractivity contribution in [2.24, 2.45) is 11.3 Å². The van der Waals surface area contributed by atoms with Crippen LogP contribution in [0.5, 0.6) is 11.6 Å². The summed E-state index contributed by atoms with van der Waals surface area (Å²) in [6.07, 6.45) is 1.55. The summed E-state index contributed by atoms with van der Waals surface area (Å²) >= 11 is 0. The van der Waals surface area contributed by atoms with Gasteiger partial charge in [-0.2, -0.15) is 8.42 Å². The van der Waals surface area contributed by atoms with Gasteiger partial charge >= 0.3 is 16.3 Å². The quantitative estimate of drug-likeness (QED) is 0.226. The third-order valence-corrected chi connectivity index (χ3v) is 11.0. The normalized spacial score (nSPS) is 21.5. The number of nitrogens with one attached hydrogen (secondary N) is 3. The monoisotopic (exact) mass is 778 g/mol. The predicted molar refractivity (Wildman–Crippen MR) is 207 cm³/mol. The molecule has 296 valence electrons. The van der Waals surface area contributed by atoms with Crippen molar-refractivity contribution >= 4 is 50.5 Å². The van der Waals surface area contributed by atoms with Gasteiger partial charge in [-0.15, -0.1) is 6.58 Å².